The maximum atomic E-state index is 6.35. The monoisotopic (exact) mass is 800 g/mol. The van der Waals surface area contributed by atoms with E-state index in [-0.39, 0.29) is 0 Å². The van der Waals surface area contributed by atoms with E-state index in [1.54, 1.807) is 0 Å². The van der Waals surface area contributed by atoms with Crippen LogP contribution >= 0.6 is 0 Å². The van der Waals surface area contributed by atoms with Crippen molar-refractivity contribution in [1.82, 2.24) is 4.57 Å². The molecule has 0 fully saturated rings. The van der Waals surface area contributed by atoms with E-state index < -0.39 is 8.07 Å². The summed E-state index contributed by atoms with van der Waals surface area (Å²) in [6.07, 6.45) is 0. The van der Waals surface area contributed by atoms with E-state index >= 15 is 0 Å². The maximum Gasteiger partial charge on any atom is 0.135 e. The fourth-order valence-electron chi connectivity index (χ4n) is 8.92. The second kappa shape index (κ2) is 14.7. The second-order valence-electron chi connectivity index (χ2n) is 17.0. The highest BCUT2D eigenvalue weighted by Gasteiger charge is 2.20. The summed E-state index contributed by atoms with van der Waals surface area (Å²) < 4.78 is 8.76. The number of fused-ring (bicyclic) bond motifs is 6. The lowest BCUT2D eigenvalue weighted by molar-refractivity contribution is 0.669. The molecule has 0 aliphatic heterocycles. The van der Waals surface area contributed by atoms with Crippen LogP contribution in [0.25, 0.3) is 82.8 Å². The fourth-order valence-corrected chi connectivity index (χ4v) is 10.1. The largest absolute Gasteiger partial charge is 0.456 e. The third-order valence-corrected chi connectivity index (χ3v) is 14.2. The SMILES string of the molecule is C[Si](C)(C)c1ccc2oc3ccc(-n4c5ccccc5c5cc(-c6ccc(N(c7ccc(-c8ccccc8)cc7)c7ccc(-c8ccccc8)cc7)cc6)ccc54)cc3c2c1. The fraction of sp³-hybridized carbons (Fsp3) is 0.0526. The maximum absolute atomic E-state index is 6.35. The van der Waals surface area contributed by atoms with Gasteiger partial charge in [0.15, 0.2) is 0 Å². The summed E-state index contributed by atoms with van der Waals surface area (Å²) in [5.74, 6) is 0. The number of rotatable bonds is 8. The Hall–Kier alpha value is -7.40. The zero-order valence-electron chi connectivity index (χ0n) is 34.5. The van der Waals surface area contributed by atoms with E-state index in [9.17, 15) is 0 Å². The molecule has 0 amide bonds. The molecule has 0 spiro atoms. The number of hydrogen-bond donors (Lipinski definition) is 0. The van der Waals surface area contributed by atoms with Gasteiger partial charge in [0.2, 0.25) is 0 Å². The van der Waals surface area contributed by atoms with Gasteiger partial charge in [-0.25, -0.2) is 0 Å². The number of hydrogen-bond acceptors (Lipinski definition) is 2. The molecule has 2 heterocycles. The molecule has 3 nitrogen and oxygen atoms in total. The van der Waals surface area contributed by atoms with E-state index in [1.807, 2.05) is 0 Å². The average Bonchev–Trinajstić information content (AvgIpc) is 3.85. The third kappa shape index (κ3) is 6.62. The number of nitrogens with zero attached hydrogens (tertiary/aromatic N) is 2. The summed E-state index contributed by atoms with van der Waals surface area (Å²) in [5, 5.41) is 6.25. The molecule has 0 radical (unpaired) electrons. The minimum absolute atomic E-state index is 0.921. The summed E-state index contributed by atoms with van der Waals surface area (Å²) in [7, 11) is -1.50. The van der Waals surface area contributed by atoms with Gasteiger partial charge in [-0.15, -0.1) is 0 Å². The topological polar surface area (TPSA) is 21.3 Å². The first-order valence-electron chi connectivity index (χ1n) is 21.1. The van der Waals surface area contributed by atoms with Gasteiger partial charge in [0.25, 0.3) is 0 Å². The van der Waals surface area contributed by atoms with Crippen molar-refractivity contribution in [2.24, 2.45) is 0 Å². The smallest absolute Gasteiger partial charge is 0.135 e. The van der Waals surface area contributed by atoms with Crippen LogP contribution in [-0.2, 0) is 0 Å². The molecule has 0 atom stereocenters. The zero-order chi connectivity index (χ0) is 41.1. The van der Waals surface area contributed by atoms with E-state index in [2.05, 4.69) is 241 Å². The molecule has 0 saturated heterocycles. The van der Waals surface area contributed by atoms with Crippen LogP contribution in [0.3, 0.4) is 0 Å². The minimum atomic E-state index is -1.50. The highest BCUT2D eigenvalue weighted by Crippen LogP contribution is 2.40. The van der Waals surface area contributed by atoms with Gasteiger partial charge in [-0.1, -0.05) is 158 Å². The average molecular weight is 801 g/mol. The Kier molecular flexibility index (Phi) is 8.83. The Labute approximate surface area is 357 Å². The molecular weight excluding hydrogens is 757 g/mol. The first-order chi connectivity index (χ1) is 29.9. The first-order valence-corrected chi connectivity index (χ1v) is 24.6. The highest BCUT2D eigenvalue weighted by molar-refractivity contribution is 6.88. The van der Waals surface area contributed by atoms with Crippen molar-refractivity contribution >= 4 is 74.1 Å². The molecule has 9 aromatic carbocycles. The number of furan rings is 1. The molecule has 0 saturated carbocycles. The molecule has 4 heteroatoms. The molecular formula is C57H44N2OSi. The lowest BCUT2D eigenvalue weighted by Crippen LogP contribution is -2.37. The third-order valence-electron chi connectivity index (χ3n) is 12.2. The zero-order valence-corrected chi connectivity index (χ0v) is 35.5. The van der Waals surface area contributed by atoms with Crippen LogP contribution in [0.15, 0.2) is 217 Å². The standard InChI is InChI=1S/C57H44N2OSi/c1-61(2,3)49-32-35-57-53(38-49)52-37-48(31-34-56(52)60-57)59-54-17-11-10-16-50(54)51-36-44(24-33-55(51)59)43-22-29-47(30-23-43)58(45-25-18-41(19-26-45)39-12-6-4-7-13-39)46-27-20-42(21-28-46)40-14-8-5-9-15-40/h4-38H,1-3H3. The van der Waals surface area contributed by atoms with Crippen LogP contribution in [0.2, 0.25) is 19.6 Å². The number of para-hydroxylation sites is 1. The van der Waals surface area contributed by atoms with Gasteiger partial charge in [-0.05, 0) is 112 Å². The normalized spacial score (nSPS) is 11.9. The summed E-state index contributed by atoms with van der Waals surface area (Å²) >= 11 is 0. The molecule has 0 bridgehead atoms. The van der Waals surface area contributed by atoms with Gasteiger partial charge < -0.3 is 13.9 Å². The van der Waals surface area contributed by atoms with Crippen LogP contribution < -0.4 is 10.1 Å². The predicted octanol–water partition coefficient (Wildman–Crippen LogP) is 15.7. The molecule has 2 aromatic heterocycles. The van der Waals surface area contributed by atoms with E-state index in [1.165, 1.54) is 65.8 Å². The summed E-state index contributed by atoms with van der Waals surface area (Å²) in [6.45, 7) is 7.19. The van der Waals surface area contributed by atoms with Crippen molar-refractivity contribution in [3.63, 3.8) is 0 Å². The van der Waals surface area contributed by atoms with Crippen LogP contribution in [0.5, 0.6) is 0 Å². The number of aromatic nitrogens is 1. The van der Waals surface area contributed by atoms with E-state index in [4.69, 9.17) is 4.42 Å². The van der Waals surface area contributed by atoms with Crippen LogP contribution in [0.4, 0.5) is 17.1 Å². The Morgan fingerprint density at radius 1 is 0.361 bits per heavy atom. The number of anilines is 3. The van der Waals surface area contributed by atoms with Gasteiger partial charge in [-0.2, -0.15) is 0 Å². The molecule has 0 aliphatic carbocycles. The first kappa shape index (κ1) is 36.7. The summed E-state index contributed by atoms with van der Waals surface area (Å²) in [4.78, 5) is 2.34. The lowest BCUT2D eigenvalue weighted by Gasteiger charge is -2.26. The van der Waals surface area contributed by atoms with E-state index in [0.29, 0.717) is 0 Å². The van der Waals surface area contributed by atoms with Gasteiger partial charge in [-0.3, -0.25) is 0 Å². The molecule has 292 valence electrons. The Morgan fingerprint density at radius 3 is 1.39 bits per heavy atom. The van der Waals surface area contributed by atoms with Crippen molar-refractivity contribution in [3.8, 4) is 39.1 Å². The second-order valence-corrected chi connectivity index (χ2v) is 22.1. The van der Waals surface area contributed by atoms with Crippen LogP contribution in [0, 0.1) is 0 Å². The van der Waals surface area contributed by atoms with Crippen molar-refractivity contribution in [2.45, 2.75) is 19.6 Å². The van der Waals surface area contributed by atoms with E-state index in [0.717, 1.165) is 39.3 Å². The molecule has 11 rings (SSSR count). The predicted molar refractivity (Wildman–Crippen MR) is 262 cm³/mol. The van der Waals surface area contributed by atoms with Crippen LogP contribution in [0.1, 0.15) is 0 Å². The Bertz CT molecular complexity index is 3280. The molecule has 0 aliphatic rings. The summed E-state index contributed by atoms with van der Waals surface area (Å²) in [5.41, 5.74) is 15.8. The molecule has 61 heavy (non-hydrogen) atoms. The highest BCUT2D eigenvalue weighted by atomic mass is 28.3. The van der Waals surface area contributed by atoms with Crippen molar-refractivity contribution in [2.75, 3.05) is 4.90 Å². The van der Waals surface area contributed by atoms with Gasteiger partial charge in [0.05, 0.1) is 19.1 Å². The molecule has 11 aromatic rings. The van der Waals surface area contributed by atoms with Crippen molar-refractivity contribution in [1.29, 1.82) is 0 Å². The number of benzene rings is 9. The van der Waals surface area contributed by atoms with Crippen LogP contribution in [-0.4, -0.2) is 12.6 Å². The molecule has 0 unspecified atom stereocenters. The van der Waals surface area contributed by atoms with Gasteiger partial charge in [0, 0.05) is 44.3 Å². The van der Waals surface area contributed by atoms with Crippen molar-refractivity contribution in [3.05, 3.63) is 212 Å². The minimum Gasteiger partial charge on any atom is -0.456 e. The van der Waals surface area contributed by atoms with Gasteiger partial charge in [0.1, 0.15) is 11.2 Å². The quantitative estimate of drug-likeness (QED) is 0.143. The van der Waals surface area contributed by atoms with Gasteiger partial charge >= 0.3 is 0 Å². The Morgan fingerprint density at radius 2 is 0.820 bits per heavy atom. The lowest BCUT2D eigenvalue weighted by atomic mass is 10.0. The molecule has 0 N–H and O–H groups in total. The summed E-state index contributed by atoms with van der Waals surface area (Å²) in [6, 6.07) is 77.0. The Balaban J connectivity index is 0.972. The van der Waals surface area contributed by atoms with Crippen molar-refractivity contribution < 1.29 is 4.42 Å².